The highest BCUT2D eigenvalue weighted by Gasteiger charge is 2.40. The summed E-state index contributed by atoms with van der Waals surface area (Å²) in [6.07, 6.45) is 11.9. The molecule has 0 aromatic carbocycles. The molecular weight excluding hydrogens is 444 g/mol. The van der Waals surface area contributed by atoms with E-state index in [9.17, 15) is 0 Å². The molecule has 1 aliphatic carbocycles. The highest BCUT2D eigenvalue weighted by atomic mass is 28.3. The zero-order valence-electron chi connectivity index (χ0n) is 21.2. The summed E-state index contributed by atoms with van der Waals surface area (Å²) in [7, 11) is 0.944. The van der Waals surface area contributed by atoms with E-state index in [-0.39, 0.29) is 5.79 Å². The second kappa shape index (κ2) is 9.74. The van der Waals surface area contributed by atoms with Crippen molar-refractivity contribution in [1.29, 1.82) is 0 Å². The minimum atomic E-state index is -1.10. The lowest BCUT2D eigenvalue weighted by Crippen LogP contribution is -2.35. The van der Waals surface area contributed by atoms with E-state index in [0.29, 0.717) is 12.6 Å². The number of fused-ring (bicyclic) bond motifs is 1. The number of hydrazine groups is 1. The van der Waals surface area contributed by atoms with Crippen LogP contribution in [0.1, 0.15) is 36.8 Å². The largest absolute Gasteiger partial charge is 0.361 e. The minimum Gasteiger partial charge on any atom is -0.361 e. The second-order valence-electron chi connectivity index (χ2n) is 11.4. The molecule has 34 heavy (non-hydrogen) atoms. The third-order valence-electron chi connectivity index (χ3n) is 7.42. The average Bonchev–Trinajstić information content (AvgIpc) is 3.52. The first kappa shape index (κ1) is 24.0. The molecule has 2 aliphatic heterocycles. The zero-order valence-corrected chi connectivity index (χ0v) is 22.2. The summed E-state index contributed by atoms with van der Waals surface area (Å²) in [5.74, 6) is 0.374. The van der Waals surface area contributed by atoms with Crippen LogP contribution in [0.25, 0.3) is 16.6 Å². The SMILES string of the molecule is CN1C=C(c2cn(COCC[Si](C)(C)C)c3ncc(CC4CCC5(CC4)OCCO5)cc23)CN1. The molecule has 7 nitrogen and oxygen atoms in total. The van der Waals surface area contributed by atoms with E-state index in [4.69, 9.17) is 19.2 Å². The Morgan fingerprint density at radius 1 is 1.21 bits per heavy atom. The maximum atomic E-state index is 6.09. The van der Waals surface area contributed by atoms with Crippen molar-refractivity contribution in [2.75, 3.05) is 33.4 Å². The number of ether oxygens (including phenoxy) is 3. The van der Waals surface area contributed by atoms with E-state index in [2.05, 4.69) is 54.3 Å². The van der Waals surface area contributed by atoms with Crippen molar-refractivity contribution in [3.05, 3.63) is 35.8 Å². The number of nitrogens with zero attached hydrogens (tertiary/aromatic N) is 3. The van der Waals surface area contributed by atoms with Gasteiger partial charge in [0.15, 0.2) is 5.79 Å². The fourth-order valence-electron chi connectivity index (χ4n) is 5.36. The molecule has 2 aromatic rings. The van der Waals surface area contributed by atoms with Crippen molar-refractivity contribution < 1.29 is 14.2 Å². The van der Waals surface area contributed by atoms with Gasteiger partial charge in [0.1, 0.15) is 12.4 Å². The molecule has 0 radical (unpaired) electrons. The summed E-state index contributed by atoms with van der Waals surface area (Å²) in [6.45, 7) is 10.8. The van der Waals surface area contributed by atoms with Gasteiger partial charge in [-0.1, -0.05) is 19.6 Å². The van der Waals surface area contributed by atoms with E-state index < -0.39 is 8.07 Å². The summed E-state index contributed by atoms with van der Waals surface area (Å²) < 4.78 is 20.1. The van der Waals surface area contributed by atoms with Gasteiger partial charge in [-0.3, -0.25) is 0 Å². The van der Waals surface area contributed by atoms with Crippen LogP contribution < -0.4 is 5.43 Å². The lowest BCUT2D eigenvalue weighted by molar-refractivity contribution is -0.182. The van der Waals surface area contributed by atoms with Gasteiger partial charge in [-0.15, -0.1) is 0 Å². The standard InChI is InChI=1S/C26H40N4O3Si/c1-29-17-22(16-28-29)24-18-30(19-31-11-12-34(2,3)4)25-23(24)14-21(15-27-25)13-20-5-7-26(8-6-20)32-9-10-33-26/h14-15,17-18,20,28H,5-13,16,19H2,1-4H3. The normalized spacial score (nSPS) is 21.2. The molecule has 186 valence electrons. The van der Waals surface area contributed by atoms with Crippen molar-refractivity contribution in [2.24, 2.45) is 5.92 Å². The molecule has 0 amide bonds. The molecule has 2 aromatic heterocycles. The van der Waals surface area contributed by atoms with Crippen LogP contribution in [0.15, 0.2) is 24.7 Å². The number of pyridine rings is 1. The molecule has 5 rings (SSSR count). The van der Waals surface area contributed by atoms with Gasteiger partial charge in [0.25, 0.3) is 0 Å². The van der Waals surface area contributed by atoms with Crippen molar-refractivity contribution in [3.8, 4) is 0 Å². The van der Waals surface area contributed by atoms with Crippen LogP contribution in [0, 0.1) is 5.92 Å². The van der Waals surface area contributed by atoms with Gasteiger partial charge in [-0.2, -0.15) is 0 Å². The van der Waals surface area contributed by atoms with Crippen LogP contribution in [0.5, 0.6) is 0 Å². The van der Waals surface area contributed by atoms with E-state index in [1.807, 2.05) is 12.1 Å². The Labute approximate surface area is 204 Å². The van der Waals surface area contributed by atoms with E-state index >= 15 is 0 Å². The van der Waals surface area contributed by atoms with E-state index in [1.54, 1.807) is 0 Å². The Morgan fingerprint density at radius 3 is 2.65 bits per heavy atom. The summed E-state index contributed by atoms with van der Waals surface area (Å²) in [6, 6.07) is 3.54. The molecule has 0 bridgehead atoms. The quantitative estimate of drug-likeness (QED) is 0.436. The Balaban J connectivity index is 1.33. The summed E-state index contributed by atoms with van der Waals surface area (Å²) >= 11 is 0. The molecule has 0 atom stereocenters. The van der Waals surface area contributed by atoms with Gasteiger partial charge < -0.3 is 23.8 Å². The smallest absolute Gasteiger partial charge is 0.168 e. The molecule has 0 unspecified atom stereocenters. The Kier molecular flexibility index (Phi) is 6.87. The first-order chi connectivity index (χ1) is 16.3. The first-order valence-electron chi connectivity index (χ1n) is 12.8. The summed E-state index contributed by atoms with van der Waals surface area (Å²) in [5.41, 5.74) is 8.26. The molecule has 1 saturated heterocycles. The van der Waals surface area contributed by atoms with Crippen LogP contribution >= 0.6 is 0 Å². The Hall–Kier alpha value is -1.71. The molecule has 8 heteroatoms. The van der Waals surface area contributed by atoms with Crippen molar-refractivity contribution in [3.63, 3.8) is 0 Å². The van der Waals surface area contributed by atoms with Gasteiger partial charge in [0.2, 0.25) is 0 Å². The van der Waals surface area contributed by atoms with Crippen LogP contribution in [0.3, 0.4) is 0 Å². The fourth-order valence-corrected chi connectivity index (χ4v) is 6.12. The predicted octanol–water partition coefficient (Wildman–Crippen LogP) is 4.62. The Bertz CT molecular complexity index is 1030. The number of nitrogens with one attached hydrogen (secondary N) is 1. The predicted molar refractivity (Wildman–Crippen MR) is 138 cm³/mol. The fraction of sp³-hybridized carbons (Fsp3) is 0.654. The van der Waals surface area contributed by atoms with Crippen LogP contribution in [0.4, 0.5) is 0 Å². The molecule has 4 heterocycles. The summed E-state index contributed by atoms with van der Waals surface area (Å²) in [4.78, 5) is 4.94. The summed E-state index contributed by atoms with van der Waals surface area (Å²) in [5, 5.41) is 3.26. The topological polar surface area (TPSA) is 60.8 Å². The van der Waals surface area contributed by atoms with E-state index in [1.165, 1.54) is 28.1 Å². The lowest BCUT2D eigenvalue weighted by atomic mass is 9.82. The lowest BCUT2D eigenvalue weighted by Gasteiger charge is -2.35. The first-order valence-corrected chi connectivity index (χ1v) is 16.5. The molecular formula is C26H40N4O3Si. The van der Waals surface area contributed by atoms with E-state index in [0.717, 1.165) is 64.1 Å². The molecule has 1 spiro atoms. The maximum Gasteiger partial charge on any atom is 0.168 e. The highest BCUT2D eigenvalue weighted by molar-refractivity contribution is 6.76. The molecule has 1 N–H and O–H groups in total. The van der Waals surface area contributed by atoms with Gasteiger partial charge in [-0.05, 0) is 48.4 Å². The number of aromatic nitrogens is 2. The highest BCUT2D eigenvalue weighted by Crippen LogP contribution is 2.39. The average molecular weight is 485 g/mol. The number of rotatable bonds is 8. The van der Waals surface area contributed by atoms with Crippen LogP contribution in [-0.4, -0.2) is 61.8 Å². The Morgan fingerprint density at radius 2 is 1.97 bits per heavy atom. The van der Waals surface area contributed by atoms with Crippen molar-refractivity contribution in [1.82, 2.24) is 20.0 Å². The van der Waals surface area contributed by atoms with Crippen molar-refractivity contribution in [2.45, 2.75) is 70.3 Å². The molecule has 1 saturated carbocycles. The van der Waals surface area contributed by atoms with Crippen LogP contribution in [0.2, 0.25) is 25.7 Å². The monoisotopic (exact) mass is 484 g/mol. The van der Waals surface area contributed by atoms with Gasteiger partial charge >= 0.3 is 0 Å². The number of hydrogen-bond donors (Lipinski definition) is 1. The van der Waals surface area contributed by atoms with Gasteiger partial charge in [0, 0.05) is 70.7 Å². The minimum absolute atomic E-state index is 0.285. The third-order valence-corrected chi connectivity index (χ3v) is 9.12. The van der Waals surface area contributed by atoms with Crippen LogP contribution in [-0.2, 0) is 27.4 Å². The molecule has 2 fully saturated rings. The molecule has 3 aliphatic rings. The zero-order chi connectivity index (χ0) is 23.8. The third kappa shape index (κ3) is 5.41. The number of hydrogen-bond acceptors (Lipinski definition) is 6. The maximum absolute atomic E-state index is 6.09. The van der Waals surface area contributed by atoms with Gasteiger partial charge in [-0.25, -0.2) is 10.4 Å². The second-order valence-corrected chi connectivity index (χ2v) is 17.1. The van der Waals surface area contributed by atoms with Gasteiger partial charge in [0.05, 0.1) is 13.2 Å². The van der Waals surface area contributed by atoms with Crippen molar-refractivity contribution >= 4 is 24.7 Å².